The van der Waals surface area contributed by atoms with Crippen LogP contribution in [0.5, 0.6) is 0 Å². The lowest BCUT2D eigenvalue weighted by molar-refractivity contribution is 0.0220. The molecule has 5 heteroatoms. The number of hydrogen-bond acceptors (Lipinski definition) is 3. The Morgan fingerprint density at radius 2 is 2.00 bits per heavy atom. The van der Waals surface area contributed by atoms with Crippen LogP contribution in [0.4, 0.5) is 4.79 Å². The number of likely N-dealkylation sites (tertiary alicyclic amines) is 1. The number of hydrogen-bond donors (Lipinski definition) is 1. The second-order valence-electron chi connectivity index (χ2n) is 6.16. The molecule has 124 valence electrons. The Balaban J connectivity index is 2.07. The van der Waals surface area contributed by atoms with Gasteiger partial charge in [-0.25, -0.2) is 4.79 Å². The van der Waals surface area contributed by atoms with E-state index in [9.17, 15) is 4.79 Å². The first-order valence-corrected chi connectivity index (χ1v) is 8.39. The van der Waals surface area contributed by atoms with Gasteiger partial charge in [-0.05, 0) is 60.0 Å². The van der Waals surface area contributed by atoms with Crippen molar-refractivity contribution in [3.8, 4) is 0 Å². The number of carbonyl (C=O) groups excluding carboxylic acids is 1. The third kappa shape index (κ3) is 7.14. The summed E-state index contributed by atoms with van der Waals surface area (Å²) in [6.45, 7) is 10.7. The molecule has 0 aromatic carbocycles. The zero-order chi connectivity index (χ0) is 15.7. The summed E-state index contributed by atoms with van der Waals surface area (Å²) in [5.74, 6) is 0. The van der Waals surface area contributed by atoms with Crippen molar-refractivity contribution in [2.24, 2.45) is 0 Å². The van der Waals surface area contributed by atoms with Crippen LogP contribution in [0.2, 0.25) is 0 Å². The van der Waals surface area contributed by atoms with Crippen LogP contribution in [0.1, 0.15) is 46.5 Å². The molecule has 0 radical (unpaired) electrons. The maximum atomic E-state index is 12.0. The van der Waals surface area contributed by atoms with E-state index in [0.29, 0.717) is 12.1 Å². The van der Waals surface area contributed by atoms with E-state index in [1.54, 1.807) is 0 Å². The first kappa shape index (κ1) is 18.2. The lowest BCUT2D eigenvalue weighted by atomic mass is 10.1. The van der Waals surface area contributed by atoms with E-state index in [0.717, 1.165) is 58.5 Å². The molecule has 0 bridgehead atoms. The van der Waals surface area contributed by atoms with Crippen LogP contribution >= 0.6 is 0 Å². The van der Waals surface area contributed by atoms with Gasteiger partial charge in [-0.3, -0.25) is 0 Å². The summed E-state index contributed by atoms with van der Waals surface area (Å²) < 4.78 is 5.60. The van der Waals surface area contributed by atoms with E-state index < -0.39 is 0 Å². The van der Waals surface area contributed by atoms with Gasteiger partial charge in [0.2, 0.25) is 0 Å². The van der Waals surface area contributed by atoms with Crippen LogP contribution in [0.3, 0.4) is 0 Å². The van der Waals surface area contributed by atoms with Crippen molar-refractivity contribution in [3.63, 3.8) is 0 Å². The molecule has 2 amide bonds. The van der Waals surface area contributed by atoms with Gasteiger partial charge in [-0.1, -0.05) is 0 Å². The highest BCUT2D eigenvalue weighted by Crippen LogP contribution is 2.13. The van der Waals surface area contributed by atoms with Crippen molar-refractivity contribution >= 4 is 6.03 Å². The molecule has 5 nitrogen and oxygen atoms in total. The zero-order valence-corrected chi connectivity index (χ0v) is 14.2. The fourth-order valence-electron chi connectivity index (χ4n) is 2.51. The van der Waals surface area contributed by atoms with Gasteiger partial charge in [0.1, 0.15) is 0 Å². The van der Waals surface area contributed by atoms with E-state index in [4.69, 9.17) is 4.74 Å². The molecule has 0 atom stereocenters. The van der Waals surface area contributed by atoms with Gasteiger partial charge >= 0.3 is 6.03 Å². The van der Waals surface area contributed by atoms with Gasteiger partial charge in [-0.2, -0.15) is 0 Å². The Hall–Kier alpha value is -0.810. The summed E-state index contributed by atoms with van der Waals surface area (Å²) >= 11 is 0. The summed E-state index contributed by atoms with van der Waals surface area (Å²) in [5.41, 5.74) is 0. The van der Waals surface area contributed by atoms with Gasteiger partial charge < -0.3 is 19.9 Å². The molecule has 1 aliphatic rings. The number of amides is 2. The molecule has 0 spiro atoms. The van der Waals surface area contributed by atoms with Crippen molar-refractivity contribution in [2.75, 3.05) is 39.8 Å². The van der Waals surface area contributed by atoms with Crippen LogP contribution in [0.15, 0.2) is 0 Å². The summed E-state index contributed by atoms with van der Waals surface area (Å²) in [7, 11) is 2.14. The molecule has 1 aliphatic heterocycles. The Morgan fingerprint density at radius 1 is 1.33 bits per heavy atom. The molecule has 1 N–H and O–H groups in total. The predicted octanol–water partition coefficient (Wildman–Crippen LogP) is 2.32. The largest absolute Gasteiger partial charge is 0.378 e. The fourth-order valence-corrected chi connectivity index (χ4v) is 2.51. The lowest BCUT2D eigenvalue weighted by Crippen LogP contribution is -2.46. The molecule has 0 unspecified atom stereocenters. The zero-order valence-electron chi connectivity index (χ0n) is 14.2. The number of unbranched alkanes of at least 4 members (excludes halogenated alkanes) is 1. The molecule has 1 heterocycles. The molecule has 1 saturated heterocycles. The van der Waals surface area contributed by atoms with Crippen LogP contribution in [-0.2, 0) is 4.74 Å². The molecule has 0 saturated carbocycles. The second-order valence-corrected chi connectivity index (χ2v) is 6.16. The van der Waals surface area contributed by atoms with Crippen LogP contribution in [-0.4, -0.2) is 67.8 Å². The summed E-state index contributed by atoms with van der Waals surface area (Å²) in [5, 5.41) is 3.03. The van der Waals surface area contributed by atoms with Crippen molar-refractivity contribution < 1.29 is 9.53 Å². The molecule has 21 heavy (non-hydrogen) atoms. The van der Waals surface area contributed by atoms with Gasteiger partial charge in [-0.15, -0.1) is 0 Å². The van der Waals surface area contributed by atoms with E-state index in [-0.39, 0.29) is 6.03 Å². The third-order valence-electron chi connectivity index (χ3n) is 4.23. The summed E-state index contributed by atoms with van der Waals surface area (Å²) in [6, 6.07) is 0.674. The minimum Gasteiger partial charge on any atom is -0.378 e. The molecule has 0 aromatic rings. The minimum atomic E-state index is 0.0853. The van der Waals surface area contributed by atoms with Crippen molar-refractivity contribution in [1.29, 1.82) is 0 Å². The second kappa shape index (κ2) is 10.0. The average molecular weight is 299 g/mol. The normalized spacial score (nSPS) is 16.8. The molecular weight excluding hydrogens is 266 g/mol. The number of ether oxygens (including phenoxy) is 1. The molecule has 0 aromatic heterocycles. The Morgan fingerprint density at radius 3 is 2.57 bits per heavy atom. The van der Waals surface area contributed by atoms with E-state index in [1.165, 1.54) is 0 Å². The van der Waals surface area contributed by atoms with Gasteiger partial charge in [0.15, 0.2) is 0 Å². The van der Waals surface area contributed by atoms with Gasteiger partial charge in [0.25, 0.3) is 0 Å². The summed E-state index contributed by atoms with van der Waals surface area (Å²) in [6.07, 6.45) is 4.42. The van der Waals surface area contributed by atoms with E-state index in [2.05, 4.69) is 31.1 Å². The lowest BCUT2D eigenvalue weighted by Gasteiger charge is -2.31. The van der Waals surface area contributed by atoms with E-state index >= 15 is 0 Å². The topological polar surface area (TPSA) is 44.8 Å². The van der Waals surface area contributed by atoms with Crippen LogP contribution in [0, 0.1) is 0 Å². The number of nitrogens with one attached hydrogen (secondary N) is 1. The van der Waals surface area contributed by atoms with Gasteiger partial charge in [0.05, 0.1) is 6.10 Å². The maximum absolute atomic E-state index is 12.0. The van der Waals surface area contributed by atoms with E-state index in [1.807, 2.05) is 11.8 Å². The molecule has 1 fully saturated rings. The average Bonchev–Trinajstić information content (AvgIpc) is 2.47. The number of rotatable bonds is 8. The Labute approximate surface area is 130 Å². The Bertz CT molecular complexity index is 289. The first-order chi connectivity index (χ1) is 10.0. The number of piperidine rings is 1. The minimum absolute atomic E-state index is 0.0853. The summed E-state index contributed by atoms with van der Waals surface area (Å²) in [4.78, 5) is 16.3. The first-order valence-electron chi connectivity index (χ1n) is 8.39. The van der Waals surface area contributed by atoms with Crippen molar-refractivity contribution in [1.82, 2.24) is 15.1 Å². The standard InChI is InChI=1S/C16H33N3O2/c1-5-21-15-8-12-19(13-9-15)16(20)17-10-6-7-11-18(4)14(2)3/h14-15H,5-13H2,1-4H3,(H,17,20). The number of urea groups is 1. The highest BCUT2D eigenvalue weighted by Gasteiger charge is 2.22. The highest BCUT2D eigenvalue weighted by molar-refractivity contribution is 5.74. The SMILES string of the molecule is CCOC1CCN(C(=O)NCCCCN(C)C(C)C)CC1. The molecule has 0 aliphatic carbocycles. The van der Waals surface area contributed by atoms with Crippen LogP contribution in [0.25, 0.3) is 0 Å². The Kier molecular flexibility index (Phi) is 8.69. The third-order valence-corrected chi connectivity index (χ3v) is 4.23. The predicted molar refractivity (Wildman–Crippen MR) is 86.6 cm³/mol. The number of nitrogens with zero attached hydrogens (tertiary/aromatic N) is 2. The monoisotopic (exact) mass is 299 g/mol. The number of carbonyl (C=O) groups is 1. The van der Waals surface area contributed by atoms with Crippen molar-refractivity contribution in [2.45, 2.75) is 58.6 Å². The van der Waals surface area contributed by atoms with Crippen molar-refractivity contribution in [3.05, 3.63) is 0 Å². The van der Waals surface area contributed by atoms with Crippen LogP contribution < -0.4 is 5.32 Å². The molecular formula is C16H33N3O2. The fraction of sp³-hybridized carbons (Fsp3) is 0.938. The molecule has 1 rings (SSSR count). The maximum Gasteiger partial charge on any atom is 0.317 e. The highest BCUT2D eigenvalue weighted by atomic mass is 16.5. The quantitative estimate of drug-likeness (QED) is 0.700. The van der Waals surface area contributed by atoms with Gasteiger partial charge in [0, 0.05) is 32.3 Å². The smallest absolute Gasteiger partial charge is 0.317 e.